The Labute approximate surface area is 52.7 Å². The Hall–Kier alpha value is -0.160. The average molecular weight is 134 g/mol. The Morgan fingerprint density at radius 2 is 2.11 bits per heavy atom. The first-order valence-corrected chi connectivity index (χ1v) is 2.86. The lowest BCUT2D eigenvalue weighted by Gasteiger charge is -2.04. The first-order valence-electron chi connectivity index (χ1n) is 2.86. The molecule has 4 nitrogen and oxygen atoms in total. The normalized spacial score (nSPS) is 43.7. The van der Waals surface area contributed by atoms with E-state index < -0.39 is 18.5 Å². The topological polar surface area (TPSA) is 69.9 Å². The van der Waals surface area contributed by atoms with Crippen molar-refractivity contribution in [1.29, 1.82) is 0 Å². The molecule has 3 atom stereocenters. The standard InChI is InChI=1S/C5H10O4/c6-2-3-1-4(7)5(8)9-3/h3-8H,1-2H2. The minimum Gasteiger partial charge on any atom is -0.394 e. The van der Waals surface area contributed by atoms with Crippen LogP contribution in [0.1, 0.15) is 6.42 Å². The molecule has 0 spiro atoms. The van der Waals surface area contributed by atoms with E-state index in [-0.39, 0.29) is 6.61 Å². The Balaban J connectivity index is 2.35. The van der Waals surface area contributed by atoms with Crippen LogP contribution in [0.3, 0.4) is 0 Å². The third-order valence-corrected chi connectivity index (χ3v) is 1.37. The summed E-state index contributed by atoms with van der Waals surface area (Å²) in [5, 5.41) is 26.0. The third-order valence-electron chi connectivity index (χ3n) is 1.37. The smallest absolute Gasteiger partial charge is 0.181 e. The van der Waals surface area contributed by atoms with E-state index in [9.17, 15) is 0 Å². The fraction of sp³-hybridized carbons (Fsp3) is 1.00. The molecule has 0 aromatic carbocycles. The van der Waals surface area contributed by atoms with E-state index in [0.29, 0.717) is 6.42 Å². The lowest BCUT2D eigenvalue weighted by molar-refractivity contribution is -0.132. The van der Waals surface area contributed by atoms with Gasteiger partial charge in [-0.25, -0.2) is 0 Å². The van der Waals surface area contributed by atoms with Crippen LogP contribution < -0.4 is 0 Å². The second kappa shape index (κ2) is 2.62. The van der Waals surface area contributed by atoms with Crippen LogP contribution in [0.5, 0.6) is 0 Å². The lowest BCUT2D eigenvalue weighted by atomic mass is 10.2. The molecule has 54 valence electrons. The maximum Gasteiger partial charge on any atom is 0.181 e. The molecular weight excluding hydrogens is 124 g/mol. The van der Waals surface area contributed by atoms with Crippen LogP contribution in [0, 0.1) is 0 Å². The summed E-state index contributed by atoms with van der Waals surface area (Å²) >= 11 is 0. The minimum absolute atomic E-state index is 0.145. The van der Waals surface area contributed by atoms with Crippen molar-refractivity contribution < 1.29 is 20.1 Å². The van der Waals surface area contributed by atoms with Gasteiger partial charge in [-0.05, 0) is 0 Å². The Morgan fingerprint density at radius 1 is 1.44 bits per heavy atom. The van der Waals surface area contributed by atoms with Gasteiger partial charge in [0.2, 0.25) is 0 Å². The van der Waals surface area contributed by atoms with Crippen LogP contribution in [-0.2, 0) is 4.74 Å². The van der Waals surface area contributed by atoms with Crippen molar-refractivity contribution in [3.05, 3.63) is 0 Å². The van der Waals surface area contributed by atoms with Crippen LogP contribution in [0.15, 0.2) is 0 Å². The van der Waals surface area contributed by atoms with Crippen molar-refractivity contribution in [2.75, 3.05) is 6.61 Å². The Morgan fingerprint density at radius 3 is 2.33 bits per heavy atom. The summed E-state index contributed by atoms with van der Waals surface area (Å²) in [6.45, 7) is -0.145. The molecular formula is C5H10O4. The number of rotatable bonds is 1. The number of hydrogen-bond acceptors (Lipinski definition) is 4. The molecule has 0 amide bonds. The maximum absolute atomic E-state index is 8.81. The zero-order chi connectivity index (χ0) is 6.85. The summed E-state index contributed by atoms with van der Waals surface area (Å²) in [4.78, 5) is 0. The van der Waals surface area contributed by atoms with Crippen LogP contribution >= 0.6 is 0 Å². The summed E-state index contributed by atoms with van der Waals surface area (Å²) in [6.07, 6.45) is -2.02. The lowest BCUT2D eigenvalue weighted by Crippen LogP contribution is -2.19. The highest BCUT2D eigenvalue weighted by molar-refractivity contribution is 4.74. The minimum atomic E-state index is -1.11. The number of hydrogen-bond donors (Lipinski definition) is 3. The van der Waals surface area contributed by atoms with Crippen LogP contribution in [0.4, 0.5) is 0 Å². The Kier molecular flexibility index (Phi) is 2.02. The highest BCUT2D eigenvalue weighted by atomic mass is 16.6. The molecule has 1 aliphatic heterocycles. The molecule has 0 bridgehead atoms. The largest absolute Gasteiger partial charge is 0.394 e. The molecule has 0 aromatic rings. The maximum atomic E-state index is 8.81. The molecule has 1 fully saturated rings. The quantitative estimate of drug-likeness (QED) is 0.406. The van der Waals surface area contributed by atoms with Crippen molar-refractivity contribution in [3.63, 3.8) is 0 Å². The van der Waals surface area contributed by atoms with Gasteiger partial charge in [-0.2, -0.15) is 0 Å². The fourth-order valence-corrected chi connectivity index (χ4v) is 0.847. The van der Waals surface area contributed by atoms with Gasteiger partial charge in [-0.3, -0.25) is 0 Å². The second-order valence-corrected chi connectivity index (χ2v) is 2.13. The van der Waals surface area contributed by atoms with E-state index in [4.69, 9.17) is 15.3 Å². The molecule has 0 saturated carbocycles. The van der Waals surface area contributed by atoms with Gasteiger partial charge in [0.1, 0.15) is 6.10 Å². The Bertz CT molecular complexity index is 85.0. The van der Waals surface area contributed by atoms with E-state index in [1.165, 1.54) is 0 Å². The van der Waals surface area contributed by atoms with Crippen molar-refractivity contribution in [2.45, 2.75) is 24.9 Å². The summed E-state index contributed by atoms with van der Waals surface area (Å²) in [6, 6.07) is 0. The van der Waals surface area contributed by atoms with Gasteiger partial charge in [0, 0.05) is 6.42 Å². The average Bonchev–Trinajstić information content (AvgIpc) is 2.13. The zero-order valence-corrected chi connectivity index (χ0v) is 4.90. The summed E-state index contributed by atoms with van der Waals surface area (Å²) in [5.41, 5.74) is 0. The summed E-state index contributed by atoms with van der Waals surface area (Å²) in [7, 11) is 0. The van der Waals surface area contributed by atoms with Crippen LogP contribution in [0.2, 0.25) is 0 Å². The second-order valence-electron chi connectivity index (χ2n) is 2.13. The molecule has 1 rings (SSSR count). The molecule has 1 heterocycles. The van der Waals surface area contributed by atoms with Gasteiger partial charge in [0.05, 0.1) is 12.7 Å². The highest BCUT2D eigenvalue weighted by Crippen LogP contribution is 2.17. The highest BCUT2D eigenvalue weighted by Gasteiger charge is 2.31. The van der Waals surface area contributed by atoms with E-state index in [0.717, 1.165) is 0 Å². The molecule has 1 aliphatic rings. The van der Waals surface area contributed by atoms with E-state index >= 15 is 0 Å². The zero-order valence-electron chi connectivity index (χ0n) is 4.90. The molecule has 0 aliphatic carbocycles. The molecule has 3 N–H and O–H groups in total. The van der Waals surface area contributed by atoms with E-state index in [1.54, 1.807) is 0 Å². The van der Waals surface area contributed by atoms with Gasteiger partial charge in [0.15, 0.2) is 6.29 Å². The number of aliphatic hydroxyl groups excluding tert-OH is 3. The van der Waals surface area contributed by atoms with Crippen LogP contribution in [-0.4, -0.2) is 40.4 Å². The van der Waals surface area contributed by atoms with Crippen molar-refractivity contribution in [3.8, 4) is 0 Å². The van der Waals surface area contributed by atoms with Crippen molar-refractivity contribution >= 4 is 0 Å². The van der Waals surface area contributed by atoms with Crippen molar-refractivity contribution in [2.24, 2.45) is 0 Å². The summed E-state index contributed by atoms with van der Waals surface area (Å²) < 4.78 is 4.68. The molecule has 4 heteroatoms. The fourth-order valence-electron chi connectivity index (χ4n) is 0.847. The van der Waals surface area contributed by atoms with Gasteiger partial charge in [0.25, 0.3) is 0 Å². The van der Waals surface area contributed by atoms with Gasteiger partial charge >= 0.3 is 0 Å². The van der Waals surface area contributed by atoms with Gasteiger partial charge in [-0.15, -0.1) is 0 Å². The summed E-state index contributed by atoms with van der Waals surface area (Å²) in [5.74, 6) is 0. The van der Waals surface area contributed by atoms with Gasteiger partial charge < -0.3 is 20.1 Å². The number of ether oxygens (including phenoxy) is 1. The van der Waals surface area contributed by atoms with E-state index in [1.807, 2.05) is 0 Å². The third kappa shape index (κ3) is 1.40. The molecule has 9 heavy (non-hydrogen) atoms. The molecule has 0 aromatic heterocycles. The van der Waals surface area contributed by atoms with Crippen LogP contribution in [0.25, 0.3) is 0 Å². The van der Waals surface area contributed by atoms with Gasteiger partial charge in [-0.1, -0.05) is 0 Å². The first-order chi connectivity index (χ1) is 4.24. The number of aliphatic hydroxyl groups is 3. The van der Waals surface area contributed by atoms with Crippen molar-refractivity contribution in [1.82, 2.24) is 0 Å². The predicted molar refractivity (Wildman–Crippen MR) is 28.6 cm³/mol. The predicted octanol–water partition coefficient (Wildman–Crippen LogP) is -1.55. The molecule has 3 unspecified atom stereocenters. The molecule has 0 radical (unpaired) electrons. The molecule has 1 saturated heterocycles. The first kappa shape index (κ1) is 6.95. The monoisotopic (exact) mass is 134 g/mol. The van der Waals surface area contributed by atoms with E-state index in [2.05, 4.69) is 4.74 Å². The SMILES string of the molecule is OCC1CC(O)C(O)O1.